The highest BCUT2D eigenvalue weighted by Gasteiger charge is 2.19. The van der Waals surface area contributed by atoms with Crippen molar-refractivity contribution in [2.75, 3.05) is 13.2 Å². The summed E-state index contributed by atoms with van der Waals surface area (Å²) < 4.78 is 16.9. The van der Waals surface area contributed by atoms with Crippen LogP contribution in [-0.4, -0.2) is 37.2 Å². The maximum atomic E-state index is 13.0. The fourth-order valence-corrected chi connectivity index (χ4v) is 9.23. The molecule has 1 unspecified atom stereocenters. The number of hydrogen-bond donors (Lipinski definition) is 0. The molecule has 83 heavy (non-hydrogen) atoms. The van der Waals surface area contributed by atoms with Crippen molar-refractivity contribution in [2.45, 2.75) is 309 Å². The number of carbonyl (C=O) groups is 3. The minimum Gasteiger partial charge on any atom is -0.462 e. The molecule has 6 nitrogen and oxygen atoms in total. The van der Waals surface area contributed by atoms with Crippen molar-refractivity contribution in [1.82, 2.24) is 0 Å². The van der Waals surface area contributed by atoms with Crippen molar-refractivity contribution in [2.24, 2.45) is 0 Å². The number of hydrogen-bond acceptors (Lipinski definition) is 6. The van der Waals surface area contributed by atoms with Crippen molar-refractivity contribution in [3.05, 3.63) is 146 Å². The van der Waals surface area contributed by atoms with Crippen LogP contribution in [0.5, 0.6) is 0 Å². The number of esters is 3. The molecule has 0 saturated carbocycles. The normalized spacial score (nSPS) is 13.0. The van der Waals surface area contributed by atoms with Gasteiger partial charge in [-0.15, -0.1) is 0 Å². The summed E-state index contributed by atoms with van der Waals surface area (Å²) in [5, 5.41) is 0. The predicted octanol–water partition coefficient (Wildman–Crippen LogP) is 23.9. The summed E-state index contributed by atoms with van der Waals surface area (Å²) in [5.74, 6) is -0.939. The van der Waals surface area contributed by atoms with E-state index in [4.69, 9.17) is 14.2 Å². The van der Waals surface area contributed by atoms with Crippen molar-refractivity contribution in [3.8, 4) is 0 Å². The topological polar surface area (TPSA) is 78.9 Å². The van der Waals surface area contributed by atoms with Gasteiger partial charge >= 0.3 is 17.9 Å². The Bertz CT molecular complexity index is 1800. The lowest BCUT2D eigenvalue weighted by Gasteiger charge is -2.18. The second-order valence-corrected chi connectivity index (χ2v) is 22.3. The minimum atomic E-state index is -0.806. The van der Waals surface area contributed by atoms with E-state index in [2.05, 4.69) is 167 Å². The van der Waals surface area contributed by atoms with Gasteiger partial charge in [0.25, 0.3) is 0 Å². The monoisotopic (exact) mass is 1150 g/mol. The summed E-state index contributed by atoms with van der Waals surface area (Å²) in [6, 6.07) is 0. The van der Waals surface area contributed by atoms with Gasteiger partial charge in [0.1, 0.15) is 13.2 Å². The number of unbranched alkanes of at least 4 members (excludes halogenated alkanes) is 26. The summed E-state index contributed by atoms with van der Waals surface area (Å²) >= 11 is 0. The molecule has 0 aromatic heterocycles. The highest BCUT2D eigenvalue weighted by Crippen LogP contribution is 2.16. The number of allylic oxidation sites excluding steroid dienone is 24. The van der Waals surface area contributed by atoms with Crippen molar-refractivity contribution >= 4 is 17.9 Å². The summed E-state index contributed by atoms with van der Waals surface area (Å²) in [7, 11) is 0. The van der Waals surface area contributed by atoms with E-state index in [9.17, 15) is 14.4 Å². The molecule has 0 aromatic carbocycles. The molecule has 0 saturated heterocycles. The minimum absolute atomic E-state index is 0.0991. The van der Waals surface area contributed by atoms with Gasteiger partial charge in [-0.3, -0.25) is 14.4 Å². The third kappa shape index (κ3) is 68.0. The summed E-state index contributed by atoms with van der Waals surface area (Å²) in [5.41, 5.74) is 0. The van der Waals surface area contributed by atoms with Gasteiger partial charge in [-0.2, -0.15) is 0 Å². The third-order valence-corrected chi connectivity index (χ3v) is 14.3. The van der Waals surface area contributed by atoms with Crippen LogP contribution >= 0.6 is 0 Å². The van der Waals surface area contributed by atoms with Crippen LogP contribution in [0.4, 0.5) is 0 Å². The Labute approximate surface area is 512 Å². The lowest BCUT2D eigenvalue weighted by Crippen LogP contribution is -2.30. The van der Waals surface area contributed by atoms with E-state index in [1.165, 1.54) is 122 Å². The highest BCUT2D eigenvalue weighted by molar-refractivity contribution is 5.71. The molecular formula is C77H126O6. The molecule has 0 aliphatic carbocycles. The second-order valence-electron chi connectivity index (χ2n) is 22.3. The van der Waals surface area contributed by atoms with E-state index in [1.54, 1.807) is 0 Å². The Morgan fingerprint density at radius 2 is 0.470 bits per heavy atom. The van der Waals surface area contributed by atoms with Crippen LogP contribution in [0.25, 0.3) is 0 Å². The first-order chi connectivity index (χ1) is 41.0. The van der Waals surface area contributed by atoms with Crippen molar-refractivity contribution in [1.29, 1.82) is 0 Å². The van der Waals surface area contributed by atoms with E-state index >= 15 is 0 Å². The van der Waals surface area contributed by atoms with E-state index < -0.39 is 6.10 Å². The van der Waals surface area contributed by atoms with Gasteiger partial charge in [0.2, 0.25) is 0 Å². The highest BCUT2D eigenvalue weighted by atomic mass is 16.6. The van der Waals surface area contributed by atoms with Gasteiger partial charge < -0.3 is 14.2 Å². The largest absolute Gasteiger partial charge is 0.462 e. The number of carbonyl (C=O) groups excluding carboxylic acids is 3. The van der Waals surface area contributed by atoms with Gasteiger partial charge in [0.05, 0.1) is 0 Å². The molecule has 470 valence electrons. The molecule has 6 heteroatoms. The fourth-order valence-electron chi connectivity index (χ4n) is 9.23. The first-order valence-electron chi connectivity index (χ1n) is 34.3. The molecular weight excluding hydrogens is 1020 g/mol. The average Bonchev–Trinajstić information content (AvgIpc) is 3.49. The van der Waals surface area contributed by atoms with Gasteiger partial charge in [-0.25, -0.2) is 0 Å². The Morgan fingerprint density at radius 3 is 0.747 bits per heavy atom. The van der Waals surface area contributed by atoms with Crippen LogP contribution in [0.3, 0.4) is 0 Å². The maximum Gasteiger partial charge on any atom is 0.306 e. The smallest absolute Gasteiger partial charge is 0.306 e. The van der Waals surface area contributed by atoms with Crippen LogP contribution in [0.2, 0.25) is 0 Å². The Balaban J connectivity index is 4.47. The first kappa shape index (κ1) is 78.3. The van der Waals surface area contributed by atoms with Crippen LogP contribution in [0.1, 0.15) is 303 Å². The number of ether oxygens (including phenoxy) is 3. The van der Waals surface area contributed by atoms with Crippen LogP contribution in [-0.2, 0) is 28.6 Å². The maximum absolute atomic E-state index is 13.0. The molecule has 0 bridgehead atoms. The third-order valence-electron chi connectivity index (χ3n) is 14.3. The number of rotatable bonds is 61. The van der Waals surface area contributed by atoms with Crippen LogP contribution < -0.4 is 0 Å². The molecule has 0 aliphatic rings. The molecule has 0 aromatic rings. The van der Waals surface area contributed by atoms with Gasteiger partial charge in [0, 0.05) is 19.3 Å². The fraction of sp³-hybridized carbons (Fsp3) is 0.649. The molecule has 0 rings (SSSR count). The Morgan fingerprint density at radius 1 is 0.253 bits per heavy atom. The van der Waals surface area contributed by atoms with E-state index in [0.717, 1.165) is 141 Å². The second kappa shape index (κ2) is 69.8. The van der Waals surface area contributed by atoms with E-state index in [-0.39, 0.29) is 31.1 Å². The molecule has 0 fully saturated rings. The lowest BCUT2D eigenvalue weighted by molar-refractivity contribution is -0.167. The molecule has 1 atom stereocenters. The molecule has 0 radical (unpaired) electrons. The van der Waals surface area contributed by atoms with Gasteiger partial charge in [0.15, 0.2) is 6.10 Å². The summed E-state index contributed by atoms with van der Waals surface area (Å²) in [6.45, 7) is 6.39. The summed E-state index contributed by atoms with van der Waals surface area (Å²) in [6.07, 6.45) is 100.0. The Kier molecular flexibility index (Phi) is 65.8. The molecule has 0 spiro atoms. The van der Waals surface area contributed by atoms with Gasteiger partial charge in [-0.05, 0) is 141 Å². The quantitative estimate of drug-likeness (QED) is 0.0261. The zero-order valence-corrected chi connectivity index (χ0v) is 53.9. The molecule has 0 heterocycles. The van der Waals surface area contributed by atoms with Crippen molar-refractivity contribution in [3.63, 3.8) is 0 Å². The average molecular weight is 1150 g/mol. The van der Waals surface area contributed by atoms with E-state index in [1.807, 2.05) is 0 Å². The zero-order chi connectivity index (χ0) is 59.9. The summed E-state index contributed by atoms with van der Waals surface area (Å²) in [4.78, 5) is 38.5. The van der Waals surface area contributed by atoms with E-state index in [0.29, 0.717) is 19.3 Å². The predicted molar refractivity (Wildman–Crippen MR) is 362 cm³/mol. The van der Waals surface area contributed by atoms with Gasteiger partial charge in [-0.1, -0.05) is 289 Å². The first-order valence-corrected chi connectivity index (χ1v) is 34.3. The molecule has 0 aliphatic heterocycles. The molecule has 0 amide bonds. The standard InChI is InChI=1S/C77H126O6/c1-4-7-10-13-16-19-22-25-28-31-33-35-37-38-40-41-43-46-49-52-55-58-61-64-67-70-76(79)82-73-74(72-81-75(78)69-66-63-60-57-54-51-48-45-30-27-24-21-18-15-12-9-6-3)83-77(80)71-68-65-62-59-56-53-50-47-44-42-39-36-34-32-29-26-23-20-17-14-11-8-5-2/h7,9-10,12,16,18-19,21,23,25-28,30,32-35,38,40,43,46,52,55,74H,4-6,8,11,13-15,17,20,22,24,29,31,36-37,39,41-42,44-45,47-51,53-54,56-73H2,1-3H3/b10-7-,12-9-,19-16-,21-18-,26-23-,28-25-,30-27-,34-32-,35-33-,40-38-,46-43-,55-52-. The Hall–Kier alpha value is -4.71. The SMILES string of the molecule is CC/C=C\C/C=C\C/C=C\C/C=C\C/C=C\C/C=C\C/C=C\CCCCCC(=O)OCC(COC(=O)CCCCCCCCC/C=C\C/C=C\C/C=C\CC)OC(=O)CCCCCCCCCCCCC/C=C\C/C=C\CCCCCCC. The van der Waals surface area contributed by atoms with Crippen LogP contribution in [0.15, 0.2) is 146 Å². The lowest BCUT2D eigenvalue weighted by atomic mass is 10.0. The zero-order valence-electron chi connectivity index (χ0n) is 53.9. The van der Waals surface area contributed by atoms with Crippen LogP contribution in [0, 0.1) is 0 Å². The molecule has 0 N–H and O–H groups in total. The van der Waals surface area contributed by atoms with Crippen molar-refractivity contribution < 1.29 is 28.6 Å².